The van der Waals surface area contributed by atoms with Crippen LogP contribution in [-0.2, 0) is 4.79 Å². The first-order chi connectivity index (χ1) is 7.15. The van der Waals surface area contributed by atoms with Crippen molar-refractivity contribution in [1.29, 1.82) is 0 Å². The minimum absolute atomic E-state index is 0.346. The van der Waals surface area contributed by atoms with Gasteiger partial charge in [0, 0.05) is 0 Å². The smallest absolute Gasteiger partial charge is 0.282 e. The Hall–Kier alpha value is -1.14. The number of imide groups is 1. The highest BCUT2D eigenvalue weighted by Crippen LogP contribution is 2.25. The number of halogens is 1. The fraction of sp³-hybridized carbons (Fsp3) is 0. The van der Waals surface area contributed by atoms with Crippen LogP contribution in [0.3, 0.4) is 0 Å². The van der Waals surface area contributed by atoms with Gasteiger partial charge in [-0.2, -0.15) is 0 Å². The quantitative estimate of drug-likeness (QED) is 0.634. The lowest BCUT2D eigenvalue weighted by molar-refractivity contribution is -0.115. The molecular formula is C9H5BrN2O2S. The van der Waals surface area contributed by atoms with Crippen LogP contribution in [0.15, 0.2) is 27.7 Å². The highest BCUT2D eigenvalue weighted by Gasteiger charge is 2.24. The molecule has 2 rings (SSSR count). The van der Waals surface area contributed by atoms with Crippen molar-refractivity contribution in [3.8, 4) is 0 Å². The second-order valence-electron chi connectivity index (χ2n) is 2.74. The molecule has 1 aliphatic rings. The summed E-state index contributed by atoms with van der Waals surface area (Å²) >= 11 is 4.10. The maximum absolute atomic E-state index is 11.2. The van der Waals surface area contributed by atoms with Crippen molar-refractivity contribution in [1.82, 2.24) is 10.3 Å². The third-order valence-electron chi connectivity index (χ3n) is 1.66. The predicted molar refractivity (Wildman–Crippen MR) is 61.0 cm³/mol. The molecule has 1 aliphatic heterocycles. The molecule has 1 aromatic heterocycles. The highest BCUT2D eigenvalue weighted by atomic mass is 79.9. The molecule has 0 aromatic carbocycles. The van der Waals surface area contributed by atoms with Crippen LogP contribution in [0.2, 0.25) is 0 Å². The van der Waals surface area contributed by atoms with Crippen molar-refractivity contribution in [2.45, 2.75) is 0 Å². The van der Waals surface area contributed by atoms with E-state index in [-0.39, 0.29) is 11.1 Å². The summed E-state index contributed by atoms with van der Waals surface area (Å²) in [7, 11) is 0. The van der Waals surface area contributed by atoms with Gasteiger partial charge in [0.2, 0.25) is 0 Å². The number of thioether (sulfide) groups is 1. The number of carbonyl (C=O) groups is 2. The van der Waals surface area contributed by atoms with E-state index in [0.29, 0.717) is 15.2 Å². The van der Waals surface area contributed by atoms with Gasteiger partial charge in [-0.05, 0) is 45.9 Å². The van der Waals surface area contributed by atoms with Crippen LogP contribution in [0, 0.1) is 0 Å². The van der Waals surface area contributed by atoms with E-state index in [2.05, 4.69) is 26.2 Å². The van der Waals surface area contributed by atoms with E-state index in [1.165, 1.54) is 0 Å². The monoisotopic (exact) mass is 284 g/mol. The Labute approximate surface area is 98.3 Å². The summed E-state index contributed by atoms with van der Waals surface area (Å²) in [4.78, 5) is 26.6. The first kappa shape index (κ1) is 10.4. The van der Waals surface area contributed by atoms with Crippen molar-refractivity contribution in [2.75, 3.05) is 0 Å². The van der Waals surface area contributed by atoms with Gasteiger partial charge < -0.3 is 0 Å². The Morgan fingerprint density at radius 3 is 2.80 bits per heavy atom. The number of hydrogen-bond donors (Lipinski definition) is 1. The molecule has 15 heavy (non-hydrogen) atoms. The molecule has 0 spiro atoms. The fourth-order valence-corrected chi connectivity index (χ4v) is 2.08. The van der Waals surface area contributed by atoms with E-state index in [1.54, 1.807) is 18.2 Å². The first-order valence-electron chi connectivity index (χ1n) is 4.02. The normalized spacial score (nSPS) is 18.3. The minimum Gasteiger partial charge on any atom is -0.282 e. The lowest BCUT2D eigenvalue weighted by atomic mass is 10.3. The van der Waals surface area contributed by atoms with Crippen LogP contribution in [0.1, 0.15) is 5.69 Å². The molecule has 1 saturated heterocycles. The molecule has 2 heterocycles. The molecule has 1 fully saturated rings. The standard InChI is InChI=1S/C9H5BrN2O2S/c10-7-3-1-2-5(11-7)4-6-8(13)12-9(14)15-6/h1-4H,(H,12,13,14). The van der Waals surface area contributed by atoms with Gasteiger partial charge in [-0.25, -0.2) is 4.98 Å². The molecular weight excluding hydrogens is 280 g/mol. The average Bonchev–Trinajstić information content (AvgIpc) is 2.45. The number of hydrogen-bond acceptors (Lipinski definition) is 4. The van der Waals surface area contributed by atoms with Crippen LogP contribution >= 0.6 is 27.7 Å². The molecule has 2 amide bonds. The van der Waals surface area contributed by atoms with Gasteiger partial charge in [-0.15, -0.1) is 0 Å². The van der Waals surface area contributed by atoms with Gasteiger partial charge in [0.05, 0.1) is 10.6 Å². The fourth-order valence-electron chi connectivity index (χ4n) is 1.06. The van der Waals surface area contributed by atoms with Crippen molar-refractivity contribution in [2.24, 2.45) is 0 Å². The summed E-state index contributed by atoms with van der Waals surface area (Å²) in [6, 6.07) is 5.35. The number of nitrogens with one attached hydrogen (secondary N) is 1. The minimum atomic E-state index is -0.369. The van der Waals surface area contributed by atoms with Crippen molar-refractivity contribution < 1.29 is 9.59 Å². The zero-order valence-corrected chi connectivity index (χ0v) is 9.76. The highest BCUT2D eigenvalue weighted by molar-refractivity contribution is 9.10. The van der Waals surface area contributed by atoms with E-state index >= 15 is 0 Å². The lowest BCUT2D eigenvalue weighted by Gasteiger charge is -1.94. The second kappa shape index (κ2) is 4.16. The molecule has 76 valence electrons. The van der Waals surface area contributed by atoms with E-state index < -0.39 is 0 Å². The van der Waals surface area contributed by atoms with Crippen molar-refractivity contribution in [3.05, 3.63) is 33.4 Å². The summed E-state index contributed by atoms with van der Waals surface area (Å²) in [6.45, 7) is 0. The SMILES string of the molecule is O=C1NC(=O)C(=Cc2cccc(Br)n2)S1. The number of aromatic nitrogens is 1. The third-order valence-corrected chi connectivity index (χ3v) is 2.91. The summed E-state index contributed by atoms with van der Waals surface area (Å²) in [5, 5.41) is 1.83. The van der Waals surface area contributed by atoms with Crippen molar-refractivity contribution >= 4 is 44.9 Å². The maximum Gasteiger partial charge on any atom is 0.290 e. The van der Waals surface area contributed by atoms with E-state index in [1.807, 2.05) is 6.07 Å². The molecule has 1 aromatic rings. The molecule has 0 aliphatic carbocycles. The van der Waals surface area contributed by atoms with Crippen LogP contribution in [0.4, 0.5) is 4.79 Å². The zero-order chi connectivity index (χ0) is 10.8. The largest absolute Gasteiger partial charge is 0.290 e. The van der Waals surface area contributed by atoms with Gasteiger partial charge in [-0.3, -0.25) is 14.9 Å². The van der Waals surface area contributed by atoms with Crippen LogP contribution in [-0.4, -0.2) is 16.1 Å². The lowest BCUT2D eigenvalue weighted by Crippen LogP contribution is -2.17. The molecule has 0 saturated carbocycles. The Morgan fingerprint density at radius 1 is 1.40 bits per heavy atom. The van der Waals surface area contributed by atoms with E-state index in [9.17, 15) is 9.59 Å². The van der Waals surface area contributed by atoms with Crippen molar-refractivity contribution in [3.63, 3.8) is 0 Å². The first-order valence-corrected chi connectivity index (χ1v) is 5.63. The van der Waals surface area contributed by atoms with Gasteiger partial charge in [0.25, 0.3) is 11.1 Å². The molecule has 1 N–H and O–H groups in total. The Kier molecular flexibility index (Phi) is 2.88. The third kappa shape index (κ3) is 2.45. The topological polar surface area (TPSA) is 59.1 Å². The van der Waals surface area contributed by atoms with Gasteiger partial charge in [0.1, 0.15) is 4.60 Å². The Morgan fingerprint density at radius 2 is 2.20 bits per heavy atom. The van der Waals surface area contributed by atoms with Crippen LogP contribution in [0.5, 0.6) is 0 Å². The Bertz CT molecular complexity index is 473. The maximum atomic E-state index is 11.2. The molecule has 0 bridgehead atoms. The number of pyridine rings is 1. The predicted octanol–water partition coefficient (Wildman–Crippen LogP) is 2.17. The molecule has 0 unspecified atom stereocenters. The van der Waals surface area contributed by atoms with Gasteiger partial charge in [0.15, 0.2) is 0 Å². The van der Waals surface area contributed by atoms with E-state index in [4.69, 9.17) is 0 Å². The summed E-state index contributed by atoms with van der Waals surface area (Å²) in [5.74, 6) is -0.369. The molecule has 6 heteroatoms. The number of rotatable bonds is 1. The Balaban J connectivity index is 2.31. The molecule has 4 nitrogen and oxygen atoms in total. The van der Waals surface area contributed by atoms with Gasteiger partial charge in [-0.1, -0.05) is 6.07 Å². The van der Waals surface area contributed by atoms with Crippen LogP contribution < -0.4 is 5.32 Å². The number of amides is 2. The van der Waals surface area contributed by atoms with Gasteiger partial charge >= 0.3 is 0 Å². The summed E-state index contributed by atoms with van der Waals surface area (Å²) < 4.78 is 0.687. The molecule has 0 radical (unpaired) electrons. The second-order valence-corrected chi connectivity index (χ2v) is 4.56. The average molecular weight is 285 g/mol. The van der Waals surface area contributed by atoms with E-state index in [0.717, 1.165) is 11.8 Å². The summed E-state index contributed by atoms with van der Waals surface area (Å²) in [6.07, 6.45) is 1.58. The number of nitrogens with zero attached hydrogens (tertiary/aromatic N) is 1. The number of carbonyl (C=O) groups excluding carboxylic acids is 2. The molecule has 0 atom stereocenters. The zero-order valence-electron chi connectivity index (χ0n) is 7.36. The van der Waals surface area contributed by atoms with Crippen LogP contribution in [0.25, 0.3) is 6.08 Å². The summed E-state index contributed by atoms with van der Waals surface area (Å²) in [5.41, 5.74) is 0.636.